The molecule has 0 spiro atoms. The highest BCUT2D eigenvalue weighted by Crippen LogP contribution is 2.18. The molecule has 3 aromatic heterocycles. The van der Waals surface area contributed by atoms with Crippen molar-refractivity contribution in [2.45, 2.75) is 20.3 Å². The van der Waals surface area contributed by atoms with Crippen molar-refractivity contribution in [3.8, 4) is 0 Å². The molecule has 0 radical (unpaired) electrons. The van der Waals surface area contributed by atoms with Crippen molar-refractivity contribution in [3.63, 3.8) is 0 Å². The van der Waals surface area contributed by atoms with E-state index in [0.29, 0.717) is 34.9 Å². The number of hydrogen-bond acceptors (Lipinski definition) is 5. The minimum Gasteiger partial charge on any atom is -0.352 e. The van der Waals surface area contributed by atoms with Gasteiger partial charge in [0.25, 0.3) is 5.91 Å². The van der Waals surface area contributed by atoms with Gasteiger partial charge in [-0.25, -0.2) is 15.0 Å². The summed E-state index contributed by atoms with van der Waals surface area (Å²) in [6.45, 7) is 4.61. The largest absolute Gasteiger partial charge is 0.352 e. The van der Waals surface area contributed by atoms with Gasteiger partial charge < -0.3 is 15.6 Å². The number of fused-ring (bicyclic) bond motifs is 1. The van der Waals surface area contributed by atoms with Crippen LogP contribution in [0.1, 0.15) is 29.3 Å². The van der Waals surface area contributed by atoms with Gasteiger partial charge in [0.15, 0.2) is 11.5 Å². The molecule has 0 aliphatic heterocycles. The van der Waals surface area contributed by atoms with Crippen LogP contribution in [0.25, 0.3) is 11.2 Å². The standard InChI is InChI=1S/C16H18N6O/c1-3-6-17-16(23)11-8-19-15-14(11)22-13(9-20-15)21-12-5-4-10(2)7-18-12/h4-5,7-9H,3,6H2,1-2H3,(H,17,23)(H,19,20)(H,18,21,22). The van der Waals surface area contributed by atoms with Crippen molar-refractivity contribution in [2.24, 2.45) is 0 Å². The van der Waals surface area contributed by atoms with E-state index >= 15 is 0 Å². The van der Waals surface area contributed by atoms with Crippen LogP contribution in [0.4, 0.5) is 11.6 Å². The number of amides is 1. The van der Waals surface area contributed by atoms with Crippen molar-refractivity contribution in [3.05, 3.63) is 41.9 Å². The summed E-state index contributed by atoms with van der Waals surface area (Å²) < 4.78 is 0. The Morgan fingerprint density at radius 2 is 2.09 bits per heavy atom. The molecule has 3 aromatic rings. The van der Waals surface area contributed by atoms with Crippen molar-refractivity contribution < 1.29 is 4.79 Å². The minimum absolute atomic E-state index is 0.155. The second kappa shape index (κ2) is 6.43. The first-order chi connectivity index (χ1) is 11.2. The van der Waals surface area contributed by atoms with E-state index in [1.54, 1.807) is 18.6 Å². The highest BCUT2D eigenvalue weighted by Gasteiger charge is 2.14. The number of hydrogen-bond donors (Lipinski definition) is 3. The van der Waals surface area contributed by atoms with Crippen LogP contribution in [0.5, 0.6) is 0 Å². The Kier molecular flexibility index (Phi) is 4.18. The van der Waals surface area contributed by atoms with E-state index in [4.69, 9.17) is 0 Å². The predicted molar refractivity (Wildman–Crippen MR) is 88.8 cm³/mol. The molecule has 7 nitrogen and oxygen atoms in total. The number of rotatable bonds is 5. The Hall–Kier alpha value is -2.96. The first kappa shape index (κ1) is 15.0. The van der Waals surface area contributed by atoms with E-state index in [1.165, 1.54) is 0 Å². The van der Waals surface area contributed by atoms with Crippen LogP contribution < -0.4 is 10.6 Å². The molecule has 0 fully saturated rings. The average molecular weight is 310 g/mol. The molecule has 0 saturated carbocycles. The fourth-order valence-electron chi connectivity index (χ4n) is 2.13. The maximum absolute atomic E-state index is 12.2. The van der Waals surface area contributed by atoms with Crippen molar-refractivity contribution in [1.29, 1.82) is 0 Å². The first-order valence-corrected chi connectivity index (χ1v) is 7.49. The molecule has 0 atom stereocenters. The molecule has 0 saturated heterocycles. The molecular weight excluding hydrogens is 292 g/mol. The van der Waals surface area contributed by atoms with E-state index in [2.05, 4.69) is 30.6 Å². The first-order valence-electron chi connectivity index (χ1n) is 7.49. The molecule has 3 rings (SSSR count). The molecule has 0 aliphatic rings. The van der Waals surface area contributed by atoms with Crippen LogP contribution in [0, 0.1) is 6.92 Å². The van der Waals surface area contributed by atoms with E-state index in [1.807, 2.05) is 26.0 Å². The third-order valence-corrected chi connectivity index (χ3v) is 3.33. The third kappa shape index (κ3) is 3.28. The number of nitrogens with one attached hydrogen (secondary N) is 3. The summed E-state index contributed by atoms with van der Waals surface area (Å²) in [5, 5.41) is 5.93. The zero-order valence-electron chi connectivity index (χ0n) is 13.1. The second-order valence-electron chi connectivity index (χ2n) is 5.26. The molecule has 0 aromatic carbocycles. The maximum atomic E-state index is 12.2. The summed E-state index contributed by atoms with van der Waals surface area (Å²) in [5.74, 6) is 1.06. The zero-order valence-corrected chi connectivity index (χ0v) is 13.1. The number of nitrogens with zero attached hydrogens (tertiary/aromatic N) is 3. The van der Waals surface area contributed by atoms with Crippen LogP contribution in [0.15, 0.2) is 30.7 Å². The lowest BCUT2D eigenvalue weighted by Gasteiger charge is -2.05. The molecule has 3 N–H and O–H groups in total. The van der Waals surface area contributed by atoms with Gasteiger partial charge in [0, 0.05) is 18.9 Å². The van der Waals surface area contributed by atoms with Gasteiger partial charge in [-0.05, 0) is 25.0 Å². The minimum atomic E-state index is -0.155. The smallest absolute Gasteiger partial charge is 0.255 e. The lowest BCUT2D eigenvalue weighted by molar-refractivity contribution is 0.0955. The van der Waals surface area contributed by atoms with Gasteiger partial charge in [-0.1, -0.05) is 13.0 Å². The summed E-state index contributed by atoms with van der Waals surface area (Å²) in [7, 11) is 0. The number of carbonyl (C=O) groups is 1. The molecule has 1 amide bonds. The highest BCUT2D eigenvalue weighted by molar-refractivity contribution is 6.04. The Morgan fingerprint density at radius 1 is 1.22 bits per heavy atom. The van der Waals surface area contributed by atoms with Crippen molar-refractivity contribution >= 4 is 28.7 Å². The van der Waals surface area contributed by atoms with Gasteiger partial charge in [0.2, 0.25) is 0 Å². The molecule has 0 bridgehead atoms. The summed E-state index contributed by atoms with van der Waals surface area (Å²) >= 11 is 0. The van der Waals surface area contributed by atoms with Crippen molar-refractivity contribution in [1.82, 2.24) is 25.3 Å². The summed E-state index contributed by atoms with van der Waals surface area (Å²) in [6, 6.07) is 3.83. The van der Waals surface area contributed by atoms with Crippen LogP contribution in [0.3, 0.4) is 0 Å². The van der Waals surface area contributed by atoms with E-state index < -0.39 is 0 Å². The summed E-state index contributed by atoms with van der Waals surface area (Å²) in [6.07, 6.45) is 5.89. The molecule has 0 aliphatic carbocycles. The topological polar surface area (TPSA) is 95.6 Å². The van der Waals surface area contributed by atoms with Crippen LogP contribution in [-0.2, 0) is 0 Å². The molecule has 0 unspecified atom stereocenters. The van der Waals surface area contributed by atoms with Crippen LogP contribution in [-0.4, -0.2) is 32.4 Å². The average Bonchev–Trinajstić information content (AvgIpc) is 2.98. The Balaban J connectivity index is 1.88. The SMILES string of the molecule is CCCNC(=O)c1c[nH]c2ncc(Nc3ccc(C)cn3)nc12. The number of H-pyrrole nitrogens is 1. The number of aromatic nitrogens is 4. The Bertz CT molecular complexity index is 824. The number of carbonyl (C=O) groups excluding carboxylic acids is 1. The van der Waals surface area contributed by atoms with Gasteiger partial charge >= 0.3 is 0 Å². The molecule has 7 heteroatoms. The number of anilines is 2. The molecule has 3 heterocycles. The number of pyridine rings is 1. The molecule has 23 heavy (non-hydrogen) atoms. The van der Waals surface area contributed by atoms with E-state index in [9.17, 15) is 4.79 Å². The molecular formula is C16H18N6O. The lowest BCUT2D eigenvalue weighted by atomic mass is 10.3. The Morgan fingerprint density at radius 3 is 2.83 bits per heavy atom. The third-order valence-electron chi connectivity index (χ3n) is 3.33. The fraction of sp³-hybridized carbons (Fsp3) is 0.250. The Labute approximate surface area is 133 Å². The van der Waals surface area contributed by atoms with Gasteiger partial charge in [-0.2, -0.15) is 0 Å². The number of aryl methyl sites for hydroxylation is 1. The van der Waals surface area contributed by atoms with Gasteiger partial charge in [0.05, 0.1) is 11.8 Å². The normalized spacial score (nSPS) is 10.7. The molecule has 118 valence electrons. The highest BCUT2D eigenvalue weighted by atomic mass is 16.1. The second-order valence-corrected chi connectivity index (χ2v) is 5.26. The summed E-state index contributed by atoms with van der Waals surface area (Å²) in [4.78, 5) is 28.2. The van der Waals surface area contributed by atoms with Gasteiger partial charge in [-0.15, -0.1) is 0 Å². The van der Waals surface area contributed by atoms with Crippen molar-refractivity contribution in [2.75, 3.05) is 11.9 Å². The predicted octanol–water partition coefficient (Wildman–Crippen LogP) is 2.54. The lowest BCUT2D eigenvalue weighted by Crippen LogP contribution is -2.23. The monoisotopic (exact) mass is 310 g/mol. The van der Waals surface area contributed by atoms with E-state index in [-0.39, 0.29) is 5.91 Å². The van der Waals surface area contributed by atoms with Gasteiger partial charge in [0.1, 0.15) is 11.3 Å². The quantitative estimate of drug-likeness (QED) is 0.673. The van der Waals surface area contributed by atoms with E-state index in [0.717, 1.165) is 12.0 Å². The van der Waals surface area contributed by atoms with Gasteiger partial charge in [-0.3, -0.25) is 4.79 Å². The fourth-order valence-corrected chi connectivity index (χ4v) is 2.13. The summed E-state index contributed by atoms with van der Waals surface area (Å²) in [5.41, 5.74) is 2.68. The van der Waals surface area contributed by atoms with Crippen LogP contribution in [0.2, 0.25) is 0 Å². The number of aromatic amines is 1. The maximum Gasteiger partial charge on any atom is 0.255 e. The van der Waals surface area contributed by atoms with Crippen LogP contribution >= 0.6 is 0 Å². The zero-order chi connectivity index (χ0) is 16.2.